The van der Waals surface area contributed by atoms with Gasteiger partial charge >= 0.3 is 0 Å². The lowest BCUT2D eigenvalue weighted by Crippen LogP contribution is -2.41. The van der Waals surface area contributed by atoms with E-state index in [1.807, 2.05) is 30.3 Å². The summed E-state index contributed by atoms with van der Waals surface area (Å²) in [4.78, 5) is 6.59. The first kappa shape index (κ1) is 17.9. The summed E-state index contributed by atoms with van der Waals surface area (Å²) in [6.07, 6.45) is 1.13. The first-order valence-electron chi connectivity index (χ1n) is 8.06. The zero-order valence-electron chi connectivity index (χ0n) is 14.0. The molecule has 2 rings (SSSR count). The smallest absolute Gasteiger partial charge is 0.193 e. The van der Waals surface area contributed by atoms with Crippen LogP contribution in [0.4, 0.5) is 0 Å². The molecule has 6 heteroatoms. The van der Waals surface area contributed by atoms with E-state index in [2.05, 4.69) is 15.2 Å². The number of aliphatic imine (C=N–C) groups is 1. The Morgan fingerprint density at radius 3 is 2.91 bits per heavy atom. The molecule has 0 radical (unpaired) electrons. The van der Waals surface area contributed by atoms with Crippen LogP contribution in [0.15, 0.2) is 35.3 Å². The first-order valence-corrected chi connectivity index (χ1v) is 9.55. The topological polar surface area (TPSA) is 53.9 Å². The van der Waals surface area contributed by atoms with Gasteiger partial charge in [-0.05, 0) is 12.0 Å². The molecule has 1 aromatic carbocycles. The van der Waals surface area contributed by atoms with E-state index < -0.39 is 10.8 Å². The Morgan fingerprint density at radius 2 is 2.22 bits per heavy atom. The zero-order valence-corrected chi connectivity index (χ0v) is 14.8. The second-order valence-corrected chi connectivity index (χ2v) is 7.38. The van der Waals surface area contributed by atoms with Crippen LogP contribution < -0.4 is 5.32 Å². The van der Waals surface area contributed by atoms with Crippen molar-refractivity contribution in [1.82, 2.24) is 10.2 Å². The number of guanidine groups is 1. The Labute approximate surface area is 141 Å². The molecular weight excluding hydrogens is 310 g/mol. The minimum atomic E-state index is -0.857. The molecule has 0 aliphatic carbocycles. The van der Waals surface area contributed by atoms with Crippen LogP contribution in [0.5, 0.6) is 0 Å². The van der Waals surface area contributed by atoms with Crippen molar-refractivity contribution in [2.24, 2.45) is 10.9 Å². The summed E-state index contributed by atoms with van der Waals surface area (Å²) in [5, 5.41) is 3.33. The highest BCUT2D eigenvalue weighted by molar-refractivity contribution is 7.84. The zero-order chi connectivity index (χ0) is 16.5. The number of likely N-dealkylation sites (tertiary alicyclic amines) is 1. The van der Waals surface area contributed by atoms with Crippen molar-refractivity contribution in [2.75, 3.05) is 46.2 Å². The number of rotatable bonds is 7. The number of methoxy groups -OCH3 is 1. The molecule has 23 heavy (non-hydrogen) atoms. The molecule has 2 unspecified atom stereocenters. The van der Waals surface area contributed by atoms with Gasteiger partial charge in [0.05, 0.1) is 6.61 Å². The highest BCUT2D eigenvalue weighted by Gasteiger charge is 2.24. The molecule has 0 spiro atoms. The molecule has 1 aromatic rings. The van der Waals surface area contributed by atoms with Crippen LogP contribution in [0.2, 0.25) is 0 Å². The second kappa shape index (κ2) is 9.67. The molecule has 1 N–H and O–H groups in total. The number of nitrogens with one attached hydrogen (secondary N) is 1. The molecule has 1 fully saturated rings. The molecule has 1 saturated heterocycles. The third-order valence-electron chi connectivity index (χ3n) is 3.98. The predicted octanol–water partition coefficient (Wildman–Crippen LogP) is 1.48. The van der Waals surface area contributed by atoms with Gasteiger partial charge in [-0.1, -0.05) is 30.3 Å². The lowest BCUT2D eigenvalue weighted by atomic mass is 10.1. The second-order valence-electron chi connectivity index (χ2n) is 5.80. The molecule has 128 valence electrons. The van der Waals surface area contributed by atoms with Crippen molar-refractivity contribution < 1.29 is 8.95 Å². The molecule has 0 bridgehead atoms. The number of hydrogen-bond acceptors (Lipinski definition) is 3. The monoisotopic (exact) mass is 337 g/mol. The van der Waals surface area contributed by atoms with Crippen molar-refractivity contribution in [2.45, 2.75) is 12.2 Å². The van der Waals surface area contributed by atoms with Crippen LogP contribution in [-0.4, -0.2) is 61.2 Å². The van der Waals surface area contributed by atoms with Gasteiger partial charge in [0.1, 0.15) is 0 Å². The van der Waals surface area contributed by atoms with E-state index in [1.54, 1.807) is 14.2 Å². The van der Waals surface area contributed by atoms with Crippen LogP contribution in [-0.2, 0) is 21.3 Å². The van der Waals surface area contributed by atoms with E-state index >= 15 is 0 Å². The maximum atomic E-state index is 12.1. The van der Waals surface area contributed by atoms with Gasteiger partial charge in [-0.15, -0.1) is 0 Å². The van der Waals surface area contributed by atoms with Crippen LogP contribution in [0.25, 0.3) is 0 Å². The molecule has 0 amide bonds. The van der Waals surface area contributed by atoms with Gasteiger partial charge < -0.3 is 15.0 Å². The Kier molecular flexibility index (Phi) is 7.55. The van der Waals surface area contributed by atoms with Crippen LogP contribution in [0.3, 0.4) is 0 Å². The highest BCUT2D eigenvalue weighted by atomic mass is 32.2. The number of hydrogen-bond donors (Lipinski definition) is 1. The van der Waals surface area contributed by atoms with Gasteiger partial charge in [-0.3, -0.25) is 9.20 Å². The van der Waals surface area contributed by atoms with E-state index in [-0.39, 0.29) is 0 Å². The van der Waals surface area contributed by atoms with E-state index in [0.29, 0.717) is 24.0 Å². The fraction of sp³-hybridized carbons (Fsp3) is 0.588. The summed E-state index contributed by atoms with van der Waals surface area (Å²) in [6.45, 7) is 3.45. The largest absolute Gasteiger partial charge is 0.384 e. The Bertz CT molecular complexity index is 522. The van der Waals surface area contributed by atoms with Crippen LogP contribution in [0.1, 0.15) is 12.0 Å². The Morgan fingerprint density at radius 1 is 1.43 bits per heavy atom. The summed E-state index contributed by atoms with van der Waals surface area (Å²) >= 11 is 0. The van der Waals surface area contributed by atoms with Crippen molar-refractivity contribution in [1.29, 1.82) is 0 Å². The molecule has 5 nitrogen and oxygen atoms in total. The molecule has 2 atom stereocenters. The molecule has 1 aliphatic rings. The fourth-order valence-electron chi connectivity index (χ4n) is 2.84. The summed E-state index contributed by atoms with van der Waals surface area (Å²) in [7, 11) is 2.69. The number of ether oxygens (including phenoxy) is 1. The first-order chi connectivity index (χ1) is 11.2. The third kappa shape index (κ3) is 5.95. The quantitative estimate of drug-likeness (QED) is 0.605. The molecule has 1 aliphatic heterocycles. The highest BCUT2D eigenvalue weighted by Crippen LogP contribution is 2.16. The summed E-state index contributed by atoms with van der Waals surface area (Å²) in [5.74, 6) is 2.72. The lowest BCUT2D eigenvalue weighted by molar-refractivity contribution is 0.157. The van der Waals surface area contributed by atoms with Crippen molar-refractivity contribution in [3.05, 3.63) is 35.9 Å². The van der Waals surface area contributed by atoms with E-state index in [1.165, 1.54) is 0 Å². The fourth-order valence-corrected chi connectivity index (χ4v) is 3.88. The standard InChI is InChI=1S/C17H27N3O2S/c1-18-17(20-10-8-16(12-20)13-22-2)19-9-11-23(21)14-15-6-4-3-5-7-15/h3-7,16H,8-14H2,1-2H3,(H,18,19). The van der Waals surface area contributed by atoms with Crippen LogP contribution in [0, 0.1) is 5.92 Å². The van der Waals surface area contributed by atoms with E-state index in [0.717, 1.165) is 37.6 Å². The van der Waals surface area contributed by atoms with Gasteiger partial charge in [0, 0.05) is 62.0 Å². The summed E-state index contributed by atoms with van der Waals surface area (Å²) < 4.78 is 17.4. The summed E-state index contributed by atoms with van der Waals surface area (Å²) in [5.41, 5.74) is 1.12. The van der Waals surface area contributed by atoms with Gasteiger partial charge in [0.2, 0.25) is 0 Å². The van der Waals surface area contributed by atoms with E-state index in [4.69, 9.17) is 4.74 Å². The van der Waals surface area contributed by atoms with E-state index in [9.17, 15) is 4.21 Å². The maximum Gasteiger partial charge on any atom is 0.193 e. The maximum absolute atomic E-state index is 12.1. The van der Waals surface area contributed by atoms with Crippen molar-refractivity contribution in [3.8, 4) is 0 Å². The summed E-state index contributed by atoms with van der Waals surface area (Å²) in [6, 6.07) is 9.98. The molecule has 1 heterocycles. The Balaban J connectivity index is 1.71. The average molecular weight is 337 g/mol. The molecule has 0 aromatic heterocycles. The van der Waals surface area contributed by atoms with Crippen LogP contribution >= 0.6 is 0 Å². The predicted molar refractivity (Wildman–Crippen MR) is 96.1 cm³/mol. The van der Waals surface area contributed by atoms with Gasteiger partial charge in [-0.2, -0.15) is 0 Å². The SMILES string of the molecule is CN=C(NCCS(=O)Cc1ccccc1)N1CCC(COC)C1. The van der Waals surface area contributed by atoms with Crippen molar-refractivity contribution in [3.63, 3.8) is 0 Å². The molecular formula is C17H27N3O2S. The van der Waals surface area contributed by atoms with Gasteiger partial charge in [0.15, 0.2) is 5.96 Å². The van der Waals surface area contributed by atoms with Gasteiger partial charge in [-0.25, -0.2) is 0 Å². The average Bonchev–Trinajstić information content (AvgIpc) is 3.01. The number of benzene rings is 1. The van der Waals surface area contributed by atoms with Crippen molar-refractivity contribution >= 4 is 16.8 Å². The lowest BCUT2D eigenvalue weighted by Gasteiger charge is -2.21. The van der Waals surface area contributed by atoms with Gasteiger partial charge in [0.25, 0.3) is 0 Å². The Hall–Kier alpha value is -1.40. The normalized spacial score (nSPS) is 19.8. The third-order valence-corrected chi connectivity index (χ3v) is 5.30. The minimum absolute atomic E-state index is 0.575. The minimum Gasteiger partial charge on any atom is -0.384 e. The molecule has 0 saturated carbocycles. The number of nitrogens with zero attached hydrogens (tertiary/aromatic N) is 2.